The molecule has 15 nitrogen and oxygen atoms in total. The number of likely N-dealkylation sites (N-methyl/N-ethyl adjacent to an activating group) is 1. The van der Waals surface area contributed by atoms with Gasteiger partial charge in [-0.25, -0.2) is 4.39 Å². The van der Waals surface area contributed by atoms with E-state index >= 15 is 0 Å². The van der Waals surface area contributed by atoms with Crippen molar-refractivity contribution in [3.8, 4) is 0 Å². The Hall–Kier alpha value is -2.80. The topological polar surface area (TPSA) is 191 Å². The van der Waals surface area contributed by atoms with E-state index in [2.05, 4.69) is 15.1 Å². The maximum absolute atomic E-state index is 14.4. The summed E-state index contributed by atoms with van der Waals surface area (Å²) in [4.78, 5) is 47.8. The van der Waals surface area contributed by atoms with Crippen LogP contribution in [0.3, 0.4) is 0 Å². The van der Waals surface area contributed by atoms with Crippen LogP contribution in [0.4, 0.5) is 10.1 Å². The predicted octanol–water partition coefficient (Wildman–Crippen LogP) is 1.71. The van der Waals surface area contributed by atoms with E-state index in [9.17, 15) is 39.2 Å². The van der Waals surface area contributed by atoms with Crippen LogP contribution in [-0.4, -0.2) is 168 Å². The van der Waals surface area contributed by atoms with Gasteiger partial charge < -0.3 is 54.5 Å². The number of nitrogens with zero attached hydrogens (tertiary/aromatic N) is 3. The molecule has 3 aliphatic heterocycles. The summed E-state index contributed by atoms with van der Waals surface area (Å²) < 4.78 is 38.7. The molecule has 14 atom stereocenters. The summed E-state index contributed by atoms with van der Waals surface area (Å²) in [6, 6.07) is 5.32. The number of aliphatic hydroxyl groups is 4. The van der Waals surface area contributed by atoms with Crippen LogP contribution < -0.4 is 10.2 Å². The molecule has 0 unspecified atom stereocenters. The van der Waals surface area contributed by atoms with Crippen LogP contribution in [0.2, 0.25) is 0 Å². The summed E-state index contributed by atoms with van der Waals surface area (Å²) in [6.07, 6.45) is -7.14. The minimum absolute atomic E-state index is 0.0230. The zero-order chi connectivity index (χ0) is 43.3. The Morgan fingerprint density at radius 3 is 2.21 bits per heavy atom. The molecular weight excluding hydrogens is 755 g/mol. The Bertz CT molecular complexity index is 1510. The van der Waals surface area contributed by atoms with Crippen molar-refractivity contribution in [2.24, 2.45) is 17.8 Å². The number of hydrogen-bond donors (Lipinski definition) is 5. The number of nitrogens with one attached hydrogen (secondary N) is 1. The lowest BCUT2D eigenvalue weighted by Crippen LogP contribution is -2.60. The van der Waals surface area contributed by atoms with E-state index in [1.54, 1.807) is 39.8 Å². The molecule has 1 amide bonds. The number of anilines is 1. The fraction of sp³-hybridized carbons (Fsp3) is 0.786. The number of Topliss-reactive ketones (excluding diaryl/α,β-unsaturated/α-hetero) is 1. The number of ether oxygens (including phenoxy) is 4. The van der Waals surface area contributed by atoms with Gasteiger partial charge in [-0.3, -0.25) is 19.3 Å². The predicted molar refractivity (Wildman–Crippen MR) is 214 cm³/mol. The van der Waals surface area contributed by atoms with Gasteiger partial charge in [-0.15, -0.1) is 0 Å². The first kappa shape index (κ1) is 47.9. The Kier molecular flexibility index (Phi) is 16.7. The number of esters is 1. The van der Waals surface area contributed by atoms with E-state index in [1.165, 1.54) is 32.9 Å². The van der Waals surface area contributed by atoms with Gasteiger partial charge in [0.25, 0.3) is 0 Å². The van der Waals surface area contributed by atoms with Crippen molar-refractivity contribution < 1.29 is 58.1 Å². The first-order chi connectivity index (χ1) is 27.1. The molecule has 3 saturated heterocycles. The van der Waals surface area contributed by atoms with Crippen LogP contribution >= 0.6 is 0 Å². The molecule has 1 aromatic rings. The number of halogens is 1. The van der Waals surface area contributed by atoms with Crippen LogP contribution in [0.5, 0.6) is 0 Å². The van der Waals surface area contributed by atoms with Crippen molar-refractivity contribution in [2.75, 3.05) is 58.3 Å². The Labute approximate surface area is 343 Å². The van der Waals surface area contributed by atoms with Crippen LogP contribution in [0.1, 0.15) is 74.7 Å². The number of carbonyl (C=O) groups excluding carboxylic acids is 3. The van der Waals surface area contributed by atoms with Crippen molar-refractivity contribution in [3.05, 3.63) is 30.1 Å². The van der Waals surface area contributed by atoms with Crippen molar-refractivity contribution in [1.29, 1.82) is 0 Å². The second-order valence-electron chi connectivity index (χ2n) is 17.5. The molecule has 0 saturated carbocycles. The Morgan fingerprint density at radius 2 is 1.62 bits per heavy atom. The van der Waals surface area contributed by atoms with E-state index in [0.717, 1.165) is 5.69 Å². The van der Waals surface area contributed by atoms with Gasteiger partial charge in [0.15, 0.2) is 12.1 Å². The normalized spacial score (nSPS) is 38.4. The molecule has 3 aliphatic rings. The first-order valence-corrected chi connectivity index (χ1v) is 20.7. The number of cyclic esters (lactones) is 1. The monoisotopic (exact) mass is 824 g/mol. The number of carbonyl (C=O) groups is 3. The van der Waals surface area contributed by atoms with Crippen molar-refractivity contribution >= 4 is 23.3 Å². The van der Waals surface area contributed by atoms with E-state index in [0.29, 0.717) is 32.6 Å². The maximum atomic E-state index is 14.4. The summed E-state index contributed by atoms with van der Waals surface area (Å²) in [5.41, 5.74) is -2.59. The van der Waals surface area contributed by atoms with Gasteiger partial charge in [0.2, 0.25) is 5.91 Å². The summed E-state index contributed by atoms with van der Waals surface area (Å²) in [6.45, 7) is 15.4. The first-order valence-electron chi connectivity index (χ1n) is 20.7. The van der Waals surface area contributed by atoms with Gasteiger partial charge in [-0.2, -0.15) is 0 Å². The van der Waals surface area contributed by atoms with Crippen LogP contribution in [0.15, 0.2) is 24.3 Å². The number of ketones is 1. The molecular formula is C42H69FN4O11. The lowest BCUT2D eigenvalue weighted by molar-refractivity contribution is -0.298. The van der Waals surface area contributed by atoms with Gasteiger partial charge in [0.05, 0.1) is 42.5 Å². The molecule has 1 aromatic carbocycles. The highest BCUT2D eigenvalue weighted by molar-refractivity contribution is 6.00. The second-order valence-corrected chi connectivity index (χ2v) is 17.5. The molecule has 330 valence electrons. The molecule has 0 spiro atoms. The average molecular weight is 825 g/mol. The minimum Gasteiger partial charge on any atom is -0.459 e. The van der Waals surface area contributed by atoms with E-state index in [-0.39, 0.29) is 44.0 Å². The molecule has 0 aliphatic carbocycles. The van der Waals surface area contributed by atoms with E-state index in [1.807, 2.05) is 25.9 Å². The van der Waals surface area contributed by atoms with Crippen molar-refractivity contribution in [1.82, 2.24) is 15.1 Å². The van der Waals surface area contributed by atoms with Gasteiger partial charge >= 0.3 is 5.97 Å². The van der Waals surface area contributed by atoms with Crippen molar-refractivity contribution in [2.45, 2.75) is 141 Å². The third kappa shape index (κ3) is 11.5. The third-order valence-electron chi connectivity index (χ3n) is 12.3. The molecule has 0 bridgehead atoms. The molecule has 3 fully saturated rings. The van der Waals surface area contributed by atoms with Gasteiger partial charge in [0.1, 0.15) is 29.5 Å². The minimum atomic E-state index is -2.04. The largest absolute Gasteiger partial charge is 0.459 e. The molecule has 58 heavy (non-hydrogen) atoms. The van der Waals surface area contributed by atoms with Crippen LogP contribution in [-0.2, 0) is 33.3 Å². The fourth-order valence-corrected chi connectivity index (χ4v) is 8.72. The van der Waals surface area contributed by atoms with Gasteiger partial charge in [-0.05, 0) is 92.2 Å². The van der Waals surface area contributed by atoms with Crippen LogP contribution in [0.25, 0.3) is 0 Å². The molecule has 0 aromatic heterocycles. The number of amides is 1. The average Bonchev–Trinajstić information content (AvgIpc) is 3.17. The van der Waals surface area contributed by atoms with Crippen molar-refractivity contribution in [3.63, 3.8) is 0 Å². The molecule has 0 radical (unpaired) electrons. The van der Waals surface area contributed by atoms with Gasteiger partial charge in [-0.1, -0.05) is 20.8 Å². The second kappa shape index (κ2) is 20.2. The smallest absolute Gasteiger partial charge is 0.316 e. The number of piperazine rings is 1. The number of rotatable bonds is 10. The molecule has 3 heterocycles. The number of hydrogen-bond acceptors (Lipinski definition) is 14. The summed E-state index contributed by atoms with van der Waals surface area (Å²) >= 11 is 0. The number of benzene rings is 1. The summed E-state index contributed by atoms with van der Waals surface area (Å²) in [5.74, 6) is -5.96. The highest BCUT2D eigenvalue weighted by Gasteiger charge is 2.51. The molecule has 16 heteroatoms. The molecule has 4 rings (SSSR count). The number of β-amino-alcohol motifs (C(OH)–C–C–N with tert-alkyl or cyclic N) is 1. The maximum Gasteiger partial charge on any atom is 0.316 e. The third-order valence-corrected chi connectivity index (χ3v) is 12.3. The summed E-state index contributed by atoms with van der Waals surface area (Å²) in [7, 11) is 3.68. The zero-order valence-electron chi connectivity index (χ0n) is 36.0. The quantitative estimate of drug-likeness (QED) is 0.169. The highest BCUT2D eigenvalue weighted by Crippen LogP contribution is 2.37. The SMILES string of the molecule is CC[C@H]1OC(=O)[C@H](C)C(=O)[C@H](C)[C@@H](O[C@@H]2O[C@H](C)C[C@H](N(C)C)[C@H]2O)[C@](C)(OC[C@@H](O)CN2CCN(c3ccc(F)cc3)CC2)C[C@@H](C)NC(=O)[C@H](C)[C@@H](O)[C@]1(C)O. The van der Waals surface area contributed by atoms with Crippen LogP contribution in [0, 0.1) is 23.6 Å². The molecule has 5 N–H and O–H groups in total. The van der Waals surface area contributed by atoms with Gasteiger partial charge in [0, 0.05) is 56.4 Å². The van der Waals surface area contributed by atoms with E-state index < -0.39 is 89.5 Å². The zero-order valence-corrected chi connectivity index (χ0v) is 36.0. The summed E-state index contributed by atoms with van der Waals surface area (Å²) in [5, 5.41) is 48.6. The Balaban J connectivity index is 1.66. The standard InChI is InChI=1S/C42H69FN4O11/c1-11-33-42(8,54)36(51)28(6)38(52)44-24(2)21-41(7,55-23-31(48)22-46-16-18-47(19-17-46)30-14-12-29(43)13-15-30)37(26(4)34(49)27(5)39(53)57-33)58-40-35(50)32(45(9)10)20-25(3)56-40/h12-15,24-28,31-33,35-37,40,48,50-51,54H,11,16-23H2,1-10H3,(H,44,52)/t24-,25-,26+,27-,28-,31+,32+,33-,35-,36-,37-,40+,41-,42-/m1/s1. The number of aliphatic hydroxyl groups excluding tert-OH is 3. The Morgan fingerprint density at radius 1 is 1.00 bits per heavy atom. The lowest BCUT2D eigenvalue weighted by Gasteiger charge is -2.47. The highest BCUT2D eigenvalue weighted by atomic mass is 19.1. The van der Waals surface area contributed by atoms with E-state index in [4.69, 9.17) is 18.9 Å². The lowest BCUT2D eigenvalue weighted by atomic mass is 9.79. The fourth-order valence-electron chi connectivity index (χ4n) is 8.72.